The third-order valence-electron chi connectivity index (χ3n) is 4.17. The van der Waals surface area contributed by atoms with Crippen molar-refractivity contribution in [2.24, 2.45) is 5.73 Å². The predicted molar refractivity (Wildman–Crippen MR) is 69.7 cm³/mol. The van der Waals surface area contributed by atoms with Crippen LogP contribution in [0.3, 0.4) is 0 Å². The first-order valence-electron chi connectivity index (χ1n) is 6.51. The van der Waals surface area contributed by atoms with Gasteiger partial charge in [0.25, 0.3) is 0 Å². The van der Waals surface area contributed by atoms with Gasteiger partial charge < -0.3 is 10.5 Å². The minimum atomic E-state index is -2.55. The normalized spacial score (nSPS) is 21.1. The summed E-state index contributed by atoms with van der Waals surface area (Å²) in [5, 5.41) is 0. The van der Waals surface area contributed by atoms with Crippen molar-refractivity contribution in [3.63, 3.8) is 0 Å². The lowest BCUT2D eigenvalue weighted by Gasteiger charge is -2.39. The standard InChI is InChI=1S/C14H20F2N2O/c1-10-7-11(8-18-12(10)19-2)13(9-17)3-5-14(15,16)6-4-13/h7-8H,3-6,9,17H2,1-2H3. The van der Waals surface area contributed by atoms with Crippen LogP contribution < -0.4 is 10.5 Å². The lowest BCUT2D eigenvalue weighted by atomic mass is 9.68. The Morgan fingerprint density at radius 2 is 1.95 bits per heavy atom. The lowest BCUT2D eigenvalue weighted by molar-refractivity contribution is -0.0509. The quantitative estimate of drug-likeness (QED) is 0.918. The molecule has 0 radical (unpaired) electrons. The molecule has 1 saturated carbocycles. The molecule has 0 unspecified atom stereocenters. The third kappa shape index (κ3) is 2.71. The molecule has 1 aromatic heterocycles. The summed E-state index contributed by atoms with van der Waals surface area (Å²) in [6.07, 6.45) is 2.32. The lowest BCUT2D eigenvalue weighted by Crippen LogP contribution is -2.42. The van der Waals surface area contributed by atoms with Gasteiger partial charge in [-0.3, -0.25) is 0 Å². The van der Waals surface area contributed by atoms with Gasteiger partial charge in [-0.05, 0) is 31.4 Å². The molecule has 19 heavy (non-hydrogen) atoms. The van der Waals surface area contributed by atoms with Crippen molar-refractivity contribution in [1.29, 1.82) is 0 Å². The maximum absolute atomic E-state index is 13.3. The first-order chi connectivity index (χ1) is 8.92. The summed E-state index contributed by atoms with van der Waals surface area (Å²) in [7, 11) is 1.56. The number of pyridine rings is 1. The molecule has 106 valence electrons. The number of ether oxygens (including phenoxy) is 1. The minimum absolute atomic E-state index is 0.102. The summed E-state index contributed by atoms with van der Waals surface area (Å²) in [4.78, 5) is 4.24. The van der Waals surface area contributed by atoms with Crippen molar-refractivity contribution in [2.75, 3.05) is 13.7 Å². The monoisotopic (exact) mass is 270 g/mol. The van der Waals surface area contributed by atoms with Crippen molar-refractivity contribution < 1.29 is 13.5 Å². The van der Waals surface area contributed by atoms with Gasteiger partial charge in [0.1, 0.15) is 0 Å². The summed E-state index contributed by atoms with van der Waals surface area (Å²) in [5.41, 5.74) is 7.36. The first kappa shape index (κ1) is 14.2. The van der Waals surface area contributed by atoms with Crippen molar-refractivity contribution in [1.82, 2.24) is 4.98 Å². The summed E-state index contributed by atoms with van der Waals surface area (Å²) >= 11 is 0. The molecule has 5 heteroatoms. The average molecular weight is 270 g/mol. The highest BCUT2D eigenvalue weighted by atomic mass is 19.3. The summed E-state index contributed by atoms with van der Waals surface area (Å²) < 4.78 is 31.8. The van der Waals surface area contributed by atoms with Crippen LogP contribution in [0.1, 0.15) is 36.8 Å². The fourth-order valence-electron chi connectivity index (χ4n) is 2.77. The predicted octanol–water partition coefficient (Wildman–Crippen LogP) is 2.80. The fraction of sp³-hybridized carbons (Fsp3) is 0.643. The maximum Gasteiger partial charge on any atom is 0.248 e. The molecule has 1 aliphatic rings. The molecule has 1 aliphatic carbocycles. The molecule has 0 saturated heterocycles. The molecule has 1 heterocycles. The Labute approximate surface area is 112 Å². The van der Waals surface area contributed by atoms with Gasteiger partial charge in [-0.1, -0.05) is 0 Å². The van der Waals surface area contributed by atoms with Crippen molar-refractivity contribution >= 4 is 0 Å². The van der Waals surface area contributed by atoms with Gasteiger partial charge in [-0.2, -0.15) is 0 Å². The number of rotatable bonds is 3. The van der Waals surface area contributed by atoms with Gasteiger partial charge >= 0.3 is 0 Å². The van der Waals surface area contributed by atoms with E-state index in [4.69, 9.17) is 10.5 Å². The van der Waals surface area contributed by atoms with Gasteiger partial charge in [0.05, 0.1) is 7.11 Å². The zero-order valence-corrected chi connectivity index (χ0v) is 11.4. The van der Waals surface area contributed by atoms with Crippen LogP contribution in [0.15, 0.2) is 12.3 Å². The summed E-state index contributed by atoms with van der Waals surface area (Å²) in [5.74, 6) is -1.98. The topological polar surface area (TPSA) is 48.1 Å². The Kier molecular flexibility index (Phi) is 3.76. The smallest absolute Gasteiger partial charge is 0.248 e. The molecule has 0 bridgehead atoms. The number of aromatic nitrogens is 1. The van der Waals surface area contributed by atoms with Gasteiger partial charge in [0.2, 0.25) is 11.8 Å². The highest BCUT2D eigenvalue weighted by Gasteiger charge is 2.43. The summed E-state index contributed by atoms with van der Waals surface area (Å²) in [6.45, 7) is 2.27. The number of nitrogens with zero attached hydrogens (tertiary/aromatic N) is 1. The zero-order chi connectivity index (χ0) is 14.1. The Hall–Kier alpha value is -1.23. The van der Waals surface area contributed by atoms with E-state index >= 15 is 0 Å². The van der Waals surface area contributed by atoms with E-state index < -0.39 is 5.92 Å². The minimum Gasteiger partial charge on any atom is -0.481 e. The van der Waals surface area contributed by atoms with Crippen LogP contribution in [-0.2, 0) is 5.41 Å². The Bertz CT molecular complexity index is 453. The van der Waals surface area contributed by atoms with Crippen molar-refractivity contribution in [3.8, 4) is 5.88 Å². The van der Waals surface area contributed by atoms with Crippen LogP contribution in [-0.4, -0.2) is 24.6 Å². The Balaban J connectivity index is 2.30. The first-order valence-corrected chi connectivity index (χ1v) is 6.51. The Morgan fingerprint density at radius 3 is 2.42 bits per heavy atom. The highest BCUT2D eigenvalue weighted by molar-refractivity contribution is 5.34. The van der Waals surface area contributed by atoms with Gasteiger partial charge in [0.15, 0.2) is 0 Å². The van der Waals surface area contributed by atoms with E-state index in [0.717, 1.165) is 11.1 Å². The largest absolute Gasteiger partial charge is 0.481 e. The maximum atomic E-state index is 13.3. The van der Waals surface area contributed by atoms with E-state index in [-0.39, 0.29) is 18.3 Å². The molecular weight excluding hydrogens is 250 g/mol. The molecule has 0 aliphatic heterocycles. The van der Waals surface area contributed by atoms with Crippen LogP contribution >= 0.6 is 0 Å². The molecule has 0 spiro atoms. The molecule has 1 aromatic rings. The highest BCUT2D eigenvalue weighted by Crippen LogP contribution is 2.45. The Morgan fingerprint density at radius 1 is 1.32 bits per heavy atom. The van der Waals surface area contributed by atoms with E-state index in [9.17, 15) is 8.78 Å². The SMILES string of the molecule is COc1ncc(C2(CN)CCC(F)(F)CC2)cc1C. The van der Waals surface area contributed by atoms with Gasteiger partial charge in [-0.25, -0.2) is 13.8 Å². The van der Waals surface area contributed by atoms with Gasteiger partial charge in [0, 0.05) is 36.6 Å². The van der Waals surface area contributed by atoms with E-state index in [1.54, 1.807) is 13.3 Å². The van der Waals surface area contributed by atoms with Crippen molar-refractivity contribution in [2.45, 2.75) is 43.9 Å². The summed E-state index contributed by atoms with van der Waals surface area (Å²) in [6, 6.07) is 1.96. The molecule has 0 atom stereocenters. The second kappa shape index (κ2) is 5.04. The van der Waals surface area contributed by atoms with Crippen LogP contribution in [0.25, 0.3) is 0 Å². The van der Waals surface area contributed by atoms with E-state index in [1.807, 2.05) is 13.0 Å². The molecule has 2 N–H and O–H groups in total. The number of hydrogen-bond acceptors (Lipinski definition) is 3. The number of halogens is 2. The second-order valence-corrected chi connectivity index (χ2v) is 5.39. The number of alkyl halides is 2. The molecule has 2 rings (SSSR count). The van der Waals surface area contributed by atoms with Crippen LogP contribution in [0.4, 0.5) is 8.78 Å². The van der Waals surface area contributed by atoms with Crippen LogP contribution in [0.5, 0.6) is 5.88 Å². The van der Waals surface area contributed by atoms with E-state index in [1.165, 1.54) is 0 Å². The second-order valence-electron chi connectivity index (χ2n) is 5.39. The number of aryl methyl sites for hydroxylation is 1. The van der Waals surface area contributed by atoms with E-state index in [2.05, 4.69) is 4.98 Å². The molecule has 0 aromatic carbocycles. The van der Waals surface area contributed by atoms with Crippen molar-refractivity contribution in [3.05, 3.63) is 23.4 Å². The number of hydrogen-bond donors (Lipinski definition) is 1. The molecular formula is C14H20F2N2O. The average Bonchev–Trinajstić information content (AvgIpc) is 2.39. The van der Waals surface area contributed by atoms with Gasteiger partial charge in [-0.15, -0.1) is 0 Å². The van der Waals surface area contributed by atoms with Crippen LogP contribution in [0.2, 0.25) is 0 Å². The number of methoxy groups -OCH3 is 1. The number of nitrogens with two attached hydrogens (primary N) is 1. The van der Waals surface area contributed by atoms with Crippen LogP contribution in [0, 0.1) is 6.92 Å². The molecule has 3 nitrogen and oxygen atoms in total. The zero-order valence-electron chi connectivity index (χ0n) is 11.4. The third-order valence-corrected chi connectivity index (χ3v) is 4.17. The molecule has 0 amide bonds. The fourth-order valence-corrected chi connectivity index (χ4v) is 2.77. The molecule has 1 fully saturated rings. The van der Waals surface area contributed by atoms with E-state index in [0.29, 0.717) is 25.3 Å².